The summed E-state index contributed by atoms with van der Waals surface area (Å²) in [5.41, 5.74) is 1.50. The van der Waals surface area contributed by atoms with Crippen molar-refractivity contribution in [1.82, 2.24) is 0 Å². The van der Waals surface area contributed by atoms with Gasteiger partial charge >= 0.3 is 0 Å². The zero-order chi connectivity index (χ0) is 13.8. The predicted molar refractivity (Wildman–Crippen MR) is 79.0 cm³/mol. The van der Waals surface area contributed by atoms with Gasteiger partial charge in [-0.3, -0.25) is 0 Å². The highest BCUT2D eigenvalue weighted by molar-refractivity contribution is 9.10. The summed E-state index contributed by atoms with van der Waals surface area (Å²) >= 11 is 9.38. The number of aliphatic hydroxyl groups excluding tert-OH is 1. The van der Waals surface area contributed by atoms with Crippen molar-refractivity contribution in [2.75, 3.05) is 11.9 Å². The molecule has 0 amide bonds. The second-order valence-electron chi connectivity index (χ2n) is 4.06. The molecule has 0 fully saturated rings. The van der Waals surface area contributed by atoms with Crippen LogP contribution in [0.4, 0.5) is 10.1 Å². The maximum absolute atomic E-state index is 13.0. The Bertz CT molecular complexity index is 579. The van der Waals surface area contributed by atoms with E-state index in [0.717, 1.165) is 10.2 Å². The van der Waals surface area contributed by atoms with Crippen LogP contribution in [0.2, 0.25) is 5.02 Å². The minimum atomic E-state index is -0.395. The Balaban J connectivity index is 2.25. The second kappa shape index (κ2) is 6.37. The predicted octanol–water partition coefficient (Wildman–Crippen LogP) is 4.39. The first kappa shape index (κ1) is 14.3. The van der Waals surface area contributed by atoms with E-state index in [4.69, 9.17) is 11.6 Å². The van der Waals surface area contributed by atoms with Gasteiger partial charge in [0.25, 0.3) is 0 Å². The van der Waals surface area contributed by atoms with Gasteiger partial charge in [-0.2, -0.15) is 0 Å². The van der Waals surface area contributed by atoms with E-state index in [-0.39, 0.29) is 12.6 Å². The molecule has 2 N–H and O–H groups in total. The van der Waals surface area contributed by atoms with Crippen molar-refractivity contribution >= 4 is 33.2 Å². The number of benzene rings is 2. The second-order valence-corrected chi connectivity index (χ2v) is 5.38. The topological polar surface area (TPSA) is 32.3 Å². The molecule has 0 aliphatic heterocycles. The van der Waals surface area contributed by atoms with Crippen molar-refractivity contribution in [3.05, 3.63) is 63.3 Å². The zero-order valence-corrected chi connectivity index (χ0v) is 12.2. The number of anilines is 1. The van der Waals surface area contributed by atoms with Gasteiger partial charge in [-0.1, -0.05) is 39.7 Å². The molecule has 5 heteroatoms. The summed E-state index contributed by atoms with van der Waals surface area (Å²) < 4.78 is 14.0. The highest BCUT2D eigenvalue weighted by atomic mass is 79.9. The van der Waals surface area contributed by atoms with E-state index in [9.17, 15) is 9.50 Å². The van der Waals surface area contributed by atoms with E-state index in [1.807, 2.05) is 24.3 Å². The first-order chi connectivity index (χ1) is 9.10. The third-order valence-corrected chi connectivity index (χ3v) is 3.51. The first-order valence-corrected chi connectivity index (χ1v) is 6.85. The molecule has 100 valence electrons. The number of nitrogens with one attached hydrogen (secondary N) is 1. The molecule has 0 spiro atoms. The van der Waals surface area contributed by atoms with Gasteiger partial charge in [0, 0.05) is 15.2 Å². The smallest absolute Gasteiger partial charge is 0.124 e. The lowest BCUT2D eigenvalue weighted by Gasteiger charge is -2.19. The Kier molecular flexibility index (Phi) is 4.80. The van der Waals surface area contributed by atoms with Crippen molar-refractivity contribution in [1.29, 1.82) is 0 Å². The van der Waals surface area contributed by atoms with Gasteiger partial charge < -0.3 is 10.4 Å². The molecule has 0 saturated heterocycles. The highest BCUT2D eigenvalue weighted by Gasteiger charge is 2.14. The normalized spacial score (nSPS) is 12.2. The van der Waals surface area contributed by atoms with Crippen LogP contribution in [-0.4, -0.2) is 11.7 Å². The molecule has 2 aromatic carbocycles. The van der Waals surface area contributed by atoms with E-state index < -0.39 is 5.82 Å². The average molecular weight is 345 g/mol. The van der Waals surface area contributed by atoms with E-state index >= 15 is 0 Å². The van der Waals surface area contributed by atoms with Crippen LogP contribution in [-0.2, 0) is 0 Å². The molecule has 0 heterocycles. The quantitative estimate of drug-likeness (QED) is 0.862. The molecule has 2 nitrogen and oxygen atoms in total. The summed E-state index contributed by atoms with van der Waals surface area (Å²) in [5, 5.41) is 12.9. The van der Waals surface area contributed by atoms with E-state index in [1.165, 1.54) is 12.1 Å². The van der Waals surface area contributed by atoms with E-state index in [2.05, 4.69) is 21.2 Å². The van der Waals surface area contributed by atoms with Crippen LogP contribution in [0.25, 0.3) is 0 Å². The lowest BCUT2D eigenvalue weighted by molar-refractivity contribution is 0.276. The molecule has 0 radical (unpaired) electrons. The third kappa shape index (κ3) is 3.69. The van der Waals surface area contributed by atoms with Gasteiger partial charge in [0.1, 0.15) is 5.82 Å². The SMILES string of the molecule is OCC(Nc1cccc(Br)c1)c1ccc(F)cc1Cl. The molecule has 1 atom stereocenters. The Hall–Kier alpha value is -1.10. The standard InChI is InChI=1S/C14H12BrClFNO/c15-9-2-1-3-11(6-9)18-14(8-19)12-5-4-10(17)7-13(12)16/h1-7,14,18-19H,8H2. The van der Waals surface area contributed by atoms with Gasteiger partial charge in [0.15, 0.2) is 0 Å². The van der Waals surface area contributed by atoms with Gasteiger partial charge in [-0.05, 0) is 35.9 Å². The summed E-state index contributed by atoms with van der Waals surface area (Å²) in [6.07, 6.45) is 0. The molecular weight excluding hydrogens is 333 g/mol. The summed E-state index contributed by atoms with van der Waals surface area (Å²) in [4.78, 5) is 0. The highest BCUT2D eigenvalue weighted by Crippen LogP contribution is 2.27. The van der Waals surface area contributed by atoms with Crippen molar-refractivity contribution in [3.8, 4) is 0 Å². The number of halogens is 3. The van der Waals surface area contributed by atoms with Gasteiger partial charge in [0.05, 0.1) is 12.6 Å². The van der Waals surface area contributed by atoms with Gasteiger partial charge in [-0.25, -0.2) is 4.39 Å². The summed E-state index contributed by atoms with van der Waals surface area (Å²) in [5.74, 6) is -0.395. The molecule has 0 aromatic heterocycles. The van der Waals surface area contributed by atoms with Crippen molar-refractivity contribution < 1.29 is 9.50 Å². The summed E-state index contributed by atoms with van der Waals surface area (Å²) in [7, 11) is 0. The molecule has 0 aliphatic carbocycles. The first-order valence-electron chi connectivity index (χ1n) is 5.68. The number of hydrogen-bond donors (Lipinski definition) is 2. The van der Waals surface area contributed by atoms with Crippen molar-refractivity contribution in [2.45, 2.75) is 6.04 Å². The maximum Gasteiger partial charge on any atom is 0.124 e. The number of aliphatic hydroxyl groups is 1. The Morgan fingerprint density at radius 1 is 1.26 bits per heavy atom. The van der Waals surface area contributed by atoms with Crippen LogP contribution in [0.1, 0.15) is 11.6 Å². The fraction of sp³-hybridized carbons (Fsp3) is 0.143. The van der Waals surface area contributed by atoms with Crippen molar-refractivity contribution in [3.63, 3.8) is 0 Å². The lowest BCUT2D eigenvalue weighted by Crippen LogP contribution is -2.15. The molecule has 2 aromatic rings. The summed E-state index contributed by atoms with van der Waals surface area (Å²) in [6.45, 7) is -0.141. The van der Waals surface area contributed by atoms with E-state index in [0.29, 0.717) is 10.6 Å². The van der Waals surface area contributed by atoms with Crippen LogP contribution >= 0.6 is 27.5 Å². The van der Waals surface area contributed by atoms with Crippen LogP contribution < -0.4 is 5.32 Å². The van der Waals surface area contributed by atoms with Gasteiger partial charge in [-0.15, -0.1) is 0 Å². The zero-order valence-electron chi connectivity index (χ0n) is 9.91. The van der Waals surface area contributed by atoms with Crippen LogP contribution in [0.3, 0.4) is 0 Å². The van der Waals surface area contributed by atoms with Crippen LogP contribution in [0.15, 0.2) is 46.9 Å². The molecule has 19 heavy (non-hydrogen) atoms. The van der Waals surface area contributed by atoms with Crippen LogP contribution in [0, 0.1) is 5.82 Å². The third-order valence-electron chi connectivity index (χ3n) is 2.69. The fourth-order valence-corrected chi connectivity index (χ4v) is 2.48. The van der Waals surface area contributed by atoms with Crippen LogP contribution in [0.5, 0.6) is 0 Å². The molecule has 1 unspecified atom stereocenters. The average Bonchev–Trinajstić information content (AvgIpc) is 2.37. The fourth-order valence-electron chi connectivity index (χ4n) is 1.79. The molecule has 0 saturated carbocycles. The minimum Gasteiger partial charge on any atom is -0.394 e. The Labute approximate surface area is 124 Å². The molecular formula is C14H12BrClFNO. The maximum atomic E-state index is 13.0. The number of rotatable bonds is 4. The number of hydrogen-bond acceptors (Lipinski definition) is 2. The lowest BCUT2D eigenvalue weighted by atomic mass is 10.1. The van der Waals surface area contributed by atoms with Gasteiger partial charge in [0.2, 0.25) is 0 Å². The Morgan fingerprint density at radius 2 is 2.05 bits per heavy atom. The largest absolute Gasteiger partial charge is 0.394 e. The molecule has 0 aliphatic rings. The summed E-state index contributed by atoms with van der Waals surface area (Å²) in [6, 6.07) is 11.3. The molecule has 2 rings (SSSR count). The molecule has 0 bridgehead atoms. The monoisotopic (exact) mass is 343 g/mol. The van der Waals surface area contributed by atoms with E-state index in [1.54, 1.807) is 6.07 Å². The minimum absolute atomic E-state index is 0.141. The Morgan fingerprint density at radius 3 is 2.68 bits per heavy atom. The van der Waals surface area contributed by atoms with Crippen molar-refractivity contribution in [2.24, 2.45) is 0 Å².